The minimum atomic E-state index is -0.548. The van der Waals surface area contributed by atoms with Crippen molar-refractivity contribution in [1.82, 2.24) is 0 Å². The van der Waals surface area contributed by atoms with Crippen molar-refractivity contribution in [3.63, 3.8) is 0 Å². The van der Waals surface area contributed by atoms with Crippen LogP contribution in [0.3, 0.4) is 0 Å². The second-order valence-corrected chi connectivity index (χ2v) is 5.31. The van der Waals surface area contributed by atoms with Gasteiger partial charge >= 0.3 is 0 Å². The van der Waals surface area contributed by atoms with E-state index in [0.29, 0.717) is 10.6 Å². The summed E-state index contributed by atoms with van der Waals surface area (Å²) in [7, 11) is 0. The van der Waals surface area contributed by atoms with E-state index >= 15 is 0 Å². The predicted molar refractivity (Wildman–Crippen MR) is 78.1 cm³/mol. The van der Waals surface area contributed by atoms with E-state index in [4.69, 9.17) is 17.3 Å². The summed E-state index contributed by atoms with van der Waals surface area (Å²) in [5, 5.41) is 0.606. The number of halogens is 2. The average Bonchev–Trinajstić information content (AvgIpc) is 2.31. The highest BCUT2D eigenvalue weighted by molar-refractivity contribution is 6.32. The average molecular weight is 278 g/mol. The van der Waals surface area contributed by atoms with Gasteiger partial charge in [-0.1, -0.05) is 35.9 Å². The van der Waals surface area contributed by atoms with Crippen molar-refractivity contribution < 1.29 is 4.39 Å². The molecule has 2 aromatic carbocycles. The molecule has 2 N–H and O–H groups in total. The van der Waals surface area contributed by atoms with Gasteiger partial charge in [0.1, 0.15) is 5.82 Å². The summed E-state index contributed by atoms with van der Waals surface area (Å²) >= 11 is 6.27. The topological polar surface area (TPSA) is 26.0 Å². The van der Waals surface area contributed by atoms with Gasteiger partial charge in [0.05, 0.1) is 6.04 Å². The molecule has 1 atom stereocenters. The molecule has 0 spiro atoms. The van der Waals surface area contributed by atoms with Gasteiger partial charge in [-0.15, -0.1) is 0 Å². The zero-order valence-corrected chi connectivity index (χ0v) is 12.1. The molecule has 0 aliphatic rings. The van der Waals surface area contributed by atoms with Crippen molar-refractivity contribution >= 4 is 11.6 Å². The predicted octanol–water partition coefficient (Wildman–Crippen LogP) is 4.45. The SMILES string of the molecule is Cc1cc(C)c(C(N)c2cccc(C)c2Cl)c(F)c1. The number of hydrogen-bond acceptors (Lipinski definition) is 1. The van der Waals surface area contributed by atoms with Crippen LogP contribution in [0.4, 0.5) is 4.39 Å². The highest BCUT2D eigenvalue weighted by atomic mass is 35.5. The third kappa shape index (κ3) is 2.65. The molecule has 0 fully saturated rings. The van der Waals surface area contributed by atoms with Gasteiger partial charge in [-0.25, -0.2) is 4.39 Å². The Labute approximate surface area is 118 Å². The Morgan fingerprint density at radius 2 is 1.79 bits per heavy atom. The number of nitrogens with two attached hydrogens (primary N) is 1. The fraction of sp³-hybridized carbons (Fsp3) is 0.250. The Hall–Kier alpha value is -1.38. The molecule has 3 heteroatoms. The number of benzene rings is 2. The van der Waals surface area contributed by atoms with E-state index in [2.05, 4.69) is 0 Å². The molecule has 100 valence electrons. The van der Waals surface area contributed by atoms with Crippen LogP contribution in [-0.4, -0.2) is 0 Å². The zero-order chi connectivity index (χ0) is 14.2. The fourth-order valence-corrected chi connectivity index (χ4v) is 2.63. The molecule has 0 bridgehead atoms. The molecular weight excluding hydrogens is 261 g/mol. The van der Waals surface area contributed by atoms with Crippen LogP contribution in [0.2, 0.25) is 5.02 Å². The first-order valence-electron chi connectivity index (χ1n) is 6.19. The molecule has 0 amide bonds. The van der Waals surface area contributed by atoms with Crippen molar-refractivity contribution in [3.8, 4) is 0 Å². The van der Waals surface area contributed by atoms with Crippen molar-refractivity contribution in [1.29, 1.82) is 0 Å². The molecule has 0 heterocycles. The highest BCUT2D eigenvalue weighted by Crippen LogP contribution is 2.32. The number of hydrogen-bond donors (Lipinski definition) is 1. The molecule has 1 nitrogen and oxygen atoms in total. The Morgan fingerprint density at radius 1 is 1.11 bits per heavy atom. The minimum absolute atomic E-state index is 0.275. The first-order chi connectivity index (χ1) is 8.91. The molecule has 2 rings (SSSR count). The summed E-state index contributed by atoms with van der Waals surface area (Å²) in [6.07, 6.45) is 0. The molecule has 0 saturated heterocycles. The molecule has 0 radical (unpaired) electrons. The summed E-state index contributed by atoms with van der Waals surface area (Å²) < 4.78 is 14.2. The van der Waals surface area contributed by atoms with Crippen LogP contribution in [0.5, 0.6) is 0 Å². The van der Waals surface area contributed by atoms with Gasteiger partial charge in [0, 0.05) is 10.6 Å². The van der Waals surface area contributed by atoms with E-state index in [1.165, 1.54) is 6.07 Å². The normalized spacial score (nSPS) is 12.5. The smallest absolute Gasteiger partial charge is 0.128 e. The summed E-state index contributed by atoms with van der Waals surface area (Å²) in [6, 6.07) is 8.54. The number of aryl methyl sites for hydroxylation is 3. The molecule has 0 saturated carbocycles. The van der Waals surface area contributed by atoms with Crippen LogP contribution >= 0.6 is 11.6 Å². The van der Waals surface area contributed by atoms with Crippen LogP contribution < -0.4 is 5.73 Å². The van der Waals surface area contributed by atoms with Crippen LogP contribution in [0.15, 0.2) is 30.3 Å². The Morgan fingerprint density at radius 3 is 2.42 bits per heavy atom. The van der Waals surface area contributed by atoms with Crippen LogP contribution in [0, 0.1) is 26.6 Å². The molecule has 1 unspecified atom stereocenters. The van der Waals surface area contributed by atoms with Crippen LogP contribution in [0.1, 0.15) is 33.9 Å². The lowest BCUT2D eigenvalue weighted by Gasteiger charge is -2.19. The van der Waals surface area contributed by atoms with Crippen molar-refractivity contribution in [2.45, 2.75) is 26.8 Å². The van der Waals surface area contributed by atoms with Gasteiger partial charge < -0.3 is 5.73 Å². The van der Waals surface area contributed by atoms with E-state index in [-0.39, 0.29) is 5.82 Å². The molecule has 0 aliphatic heterocycles. The van der Waals surface area contributed by atoms with E-state index in [0.717, 1.165) is 22.3 Å². The molecule has 2 aromatic rings. The maximum atomic E-state index is 14.2. The second-order valence-electron chi connectivity index (χ2n) is 4.93. The van der Waals surface area contributed by atoms with Crippen molar-refractivity contribution in [3.05, 3.63) is 69.0 Å². The van der Waals surface area contributed by atoms with E-state index < -0.39 is 6.04 Å². The Balaban J connectivity index is 2.56. The first kappa shape index (κ1) is 14.0. The molecule has 0 aromatic heterocycles. The minimum Gasteiger partial charge on any atom is -0.320 e. The third-order valence-electron chi connectivity index (χ3n) is 3.35. The standard InChI is InChI=1S/C16H17ClFN/c1-9-7-11(3)14(13(18)8-9)16(19)12-6-4-5-10(2)15(12)17/h4-8,16H,19H2,1-3H3. The fourth-order valence-electron chi connectivity index (χ4n) is 2.39. The summed E-state index contributed by atoms with van der Waals surface area (Å²) in [5.41, 5.74) is 10.2. The van der Waals surface area contributed by atoms with Gasteiger partial charge in [-0.3, -0.25) is 0 Å². The van der Waals surface area contributed by atoms with Gasteiger partial charge in [-0.05, 0) is 49.1 Å². The maximum absolute atomic E-state index is 14.2. The quantitative estimate of drug-likeness (QED) is 0.862. The lowest BCUT2D eigenvalue weighted by Crippen LogP contribution is -2.16. The maximum Gasteiger partial charge on any atom is 0.128 e. The Kier molecular flexibility index (Phi) is 3.93. The second kappa shape index (κ2) is 5.32. The highest BCUT2D eigenvalue weighted by Gasteiger charge is 2.19. The van der Waals surface area contributed by atoms with E-state index in [1.807, 2.05) is 45.0 Å². The van der Waals surface area contributed by atoms with E-state index in [1.54, 1.807) is 0 Å². The molecule has 19 heavy (non-hydrogen) atoms. The summed E-state index contributed by atoms with van der Waals surface area (Å²) in [5.74, 6) is -0.275. The van der Waals surface area contributed by atoms with Crippen molar-refractivity contribution in [2.24, 2.45) is 5.73 Å². The monoisotopic (exact) mass is 277 g/mol. The van der Waals surface area contributed by atoms with Crippen LogP contribution in [-0.2, 0) is 0 Å². The van der Waals surface area contributed by atoms with Gasteiger partial charge in [-0.2, -0.15) is 0 Å². The molecule has 0 aliphatic carbocycles. The van der Waals surface area contributed by atoms with E-state index in [9.17, 15) is 4.39 Å². The van der Waals surface area contributed by atoms with Gasteiger partial charge in [0.2, 0.25) is 0 Å². The zero-order valence-electron chi connectivity index (χ0n) is 11.3. The third-order valence-corrected chi connectivity index (χ3v) is 3.86. The van der Waals surface area contributed by atoms with Crippen LogP contribution in [0.25, 0.3) is 0 Å². The summed E-state index contributed by atoms with van der Waals surface area (Å²) in [6.45, 7) is 5.65. The lowest BCUT2D eigenvalue weighted by atomic mass is 9.93. The first-order valence-corrected chi connectivity index (χ1v) is 6.57. The van der Waals surface area contributed by atoms with Gasteiger partial charge in [0.15, 0.2) is 0 Å². The summed E-state index contributed by atoms with van der Waals surface area (Å²) in [4.78, 5) is 0. The molecular formula is C16H17ClFN. The Bertz CT molecular complexity index is 599. The number of rotatable bonds is 2. The largest absolute Gasteiger partial charge is 0.320 e. The lowest BCUT2D eigenvalue weighted by molar-refractivity contribution is 0.596. The van der Waals surface area contributed by atoms with Gasteiger partial charge in [0.25, 0.3) is 0 Å². The van der Waals surface area contributed by atoms with Crippen molar-refractivity contribution in [2.75, 3.05) is 0 Å².